The summed E-state index contributed by atoms with van der Waals surface area (Å²) in [6.45, 7) is 4.93. The normalized spacial score (nSPS) is 27.5. The van der Waals surface area contributed by atoms with Gasteiger partial charge in [0.05, 0.1) is 12.6 Å². The molecule has 16 heavy (non-hydrogen) atoms. The largest absolute Gasteiger partial charge is 0.394 e. The van der Waals surface area contributed by atoms with Crippen LogP contribution in [0.2, 0.25) is 0 Å². The molecule has 0 radical (unpaired) electrons. The van der Waals surface area contributed by atoms with Gasteiger partial charge in [-0.3, -0.25) is 0 Å². The van der Waals surface area contributed by atoms with Crippen molar-refractivity contribution in [2.24, 2.45) is 5.92 Å². The molecule has 2 aliphatic rings. The number of urea groups is 1. The summed E-state index contributed by atoms with van der Waals surface area (Å²) in [5.41, 5.74) is 0. The maximum absolute atomic E-state index is 12.2. The molecule has 2 aliphatic heterocycles. The lowest BCUT2D eigenvalue weighted by molar-refractivity contribution is 0.113. The zero-order valence-electron chi connectivity index (χ0n) is 10.1. The molecule has 2 saturated heterocycles. The first-order valence-corrected chi connectivity index (χ1v) is 6.38. The molecule has 2 fully saturated rings. The Balaban J connectivity index is 1.91. The van der Waals surface area contributed by atoms with E-state index in [-0.39, 0.29) is 18.7 Å². The van der Waals surface area contributed by atoms with Crippen molar-refractivity contribution >= 4 is 6.03 Å². The van der Waals surface area contributed by atoms with Gasteiger partial charge in [0, 0.05) is 19.6 Å². The summed E-state index contributed by atoms with van der Waals surface area (Å²) in [5, 5.41) is 9.21. The monoisotopic (exact) mass is 226 g/mol. The third kappa shape index (κ3) is 2.32. The standard InChI is InChI=1S/C12H22N2O2/c1-10-4-7-13(8-5-10)12(16)14-6-2-3-11(14)9-15/h10-11,15H,2-9H2,1H3/t11-/m0/s1. The first-order chi connectivity index (χ1) is 7.72. The van der Waals surface area contributed by atoms with Crippen LogP contribution in [0.25, 0.3) is 0 Å². The molecule has 1 atom stereocenters. The highest BCUT2D eigenvalue weighted by molar-refractivity contribution is 5.75. The minimum absolute atomic E-state index is 0.0619. The number of nitrogens with zero attached hydrogens (tertiary/aromatic N) is 2. The van der Waals surface area contributed by atoms with Gasteiger partial charge in [-0.1, -0.05) is 6.92 Å². The molecule has 0 aromatic carbocycles. The predicted octanol–water partition coefficient (Wildman–Crippen LogP) is 1.30. The summed E-state index contributed by atoms with van der Waals surface area (Å²) in [4.78, 5) is 16.0. The van der Waals surface area contributed by atoms with Gasteiger partial charge in [-0.25, -0.2) is 4.79 Å². The van der Waals surface area contributed by atoms with Crippen LogP contribution in [0.5, 0.6) is 0 Å². The van der Waals surface area contributed by atoms with Gasteiger partial charge in [0.2, 0.25) is 0 Å². The molecule has 0 aliphatic carbocycles. The van der Waals surface area contributed by atoms with Crippen molar-refractivity contribution in [2.45, 2.75) is 38.6 Å². The minimum atomic E-state index is 0.0619. The average Bonchev–Trinajstić information content (AvgIpc) is 2.77. The van der Waals surface area contributed by atoms with E-state index < -0.39 is 0 Å². The lowest BCUT2D eigenvalue weighted by Gasteiger charge is -2.35. The Morgan fingerprint density at radius 3 is 2.56 bits per heavy atom. The van der Waals surface area contributed by atoms with Gasteiger partial charge in [-0.15, -0.1) is 0 Å². The van der Waals surface area contributed by atoms with E-state index in [1.165, 1.54) is 0 Å². The Kier molecular flexibility index (Phi) is 3.69. The average molecular weight is 226 g/mol. The van der Waals surface area contributed by atoms with Crippen molar-refractivity contribution in [3.8, 4) is 0 Å². The number of likely N-dealkylation sites (tertiary alicyclic amines) is 2. The first-order valence-electron chi connectivity index (χ1n) is 6.38. The number of aliphatic hydroxyl groups excluding tert-OH is 1. The second kappa shape index (κ2) is 5.04. The third-order valence-electron chi connectivity index (χ3n) is 3.89. The Morgan fingerprint density at radius 2 is 1.94 bits per heavy atom. The number of carbonyl (C=O) groups is 1. The Bertz CT molecular complexity index is 249. The van der Waals surface area contributed by atoms with Crippen LogP contribution >= 0.6 is 0 Å². The van der Waals surface area contributed by atoms with E-state index in [9.17, 15) is 9.90 Å². The third-order valence-corrected chi connectivity index (χ3v) is 3.89. The fraction of sp³-hybridized carbons (Fsp3) is 0.917. The molecular formula is C12H22N2O2. The number of hydrogen-bond acceptors (Lipinski definition) is 2. The highest BCUT2D eigenvalue weighted by Gasteiger charge is 2.32. The number of carbonyl (C=O) groups excluding carboxylic acids is 1. The molecule has 0 aromatic heterocycles. The van der Waals surface area contributed by atoms with E-state index in [1.54, 1.807) is 0 Å². The molecule has 92 valence electrons. The first kappa shape index (κ1) is 11.7. The maximum Gasteiger partial charge on any atom is 0.320 e. The zero-order valence-corrected chi connectivity index (χ0v) is 10.1. The Hall–Kier alpha value is -0.770. The van der Waals surface area contributed by atoms with E-state index in [0.29, 0.717) is 0 Å². The van der Waals surface area contributed by atoms with E-state index in [4.69, 9.17) is 0 Å². The summed E-state index contributed by atoms with van der Waals surface area (Å²) in [6, 6.07) is 0.204. The van der Waals surface area contributed by atoms with Crippen LogP contribution in [0.1, 0.15) is 32.6 Å². The Labute approximate surface area is 97.2 Å². The summed E-state index contributed by atoms with van der Waals surface area (Å²) in [5.74, 6) is 0.747. The molecule has 0 unspecified atom stereocenters. The molecule has 2 amide bonds. The topological polar surface area (TPSA) is 43.8 Å². The van der Waals surface area contributed by atoms with Crippen molar-refractivity contribution in [3.63, 3.8) is 0 Å². The van der Waals surface area contributed by atoms with Crippen LogP contribution in [-0.2, 0) is 0 Å². The van der Waals surface area contributed by atoms with Crippen LogP contribution in [0.3, 0.4) is 0 Å². The fourth-order valence-corrected chi connectivity index (χ4v) is 2.66. The van der Waals surface area contributed by atoms with Gasteiger partial charge < -0.3 is 14.9 Å². The molecule has 0 saturated carbocycles. The molecule has 0 aromatic rings. The van der Waals surface area contributed by atoms with Gasteiger partial charge in [-0.05, 0) is 31.6 Å². The number of amides is 2. The molecule has 2 heterocycles. The van der Waals surface area contributed by atoms with Gasteiger partial charge in [-0.2, -0.15) is 0 Å². The van der Waals surface area contributed by atoms with Crippen molar-refractivity contribution in [1.82, 2.24) is 9.80 Å². The number of hydrogen-bond donors (Lipinski definition) is 1. The molecule has 0 spiro atoms. The smallest absolute Gasteiger partial charge is 0.320 e. The van der Waals surface area contributed by atoms with E-state index in [1.807, 2.05) is 9.80 Å². The minimum Gasteiger partial charge on any atom is -0.394 e. The van der Waals surface area contributed by atoms with Crippen molar-refractivity contribution in [1.29, 1.82) is 0 Å². The van der Waals surface area contributed by atoms with Crippen LogP contribution < -0.4 is 0 Å². The number of aliphatic hydroxyl groups is 1. The molecule has 0 bridgehead atoms. The van der Waals surface area contributed by atoms with Gasteiger partial charge >= 0.3 is 6.03 Å². The summed E-state index contributed by atoms with van der Waals surface area (Å²) in [7, 11) is 0. The van der Waals surface area contributed by atoms with E-state index >= 15 is 0 Å². The van der Waals surface area contributed by atoms with Crippen LogP contribution in [0.15, 0.2) is 0 Å². The highest BCUT2D eigenvalue weighted by atomic mass is 16.3. The van der Waals surface area contributed by atoms with Crippen LogP contribution in [0.4, 0.5) is 4.79 Å². The van der Waals surface area contributed by atoms with Crippen molar-refractivity contribution in [3.05, 3.63) is 0 Å². The number of rotatable bonds is 1. The quantitative estimate of drug-likeness (QED) is 0.732. The molecule has 1 N–H and O–H groups in total. The van der Waals surface area contributed by atoms with Crippen LogP contribution in [0, 0.1) is 5.92 Å². The lowest BCUT2D eigenvalue weighted by Crippen LogP contribution is -2.49. The zero-order chi connectivity index (χ0) is 11.5. The SMILES string of the molecule is CC1CCN(C(=O)N2CCC[C@H]2CO)CC1. The fourth-order valence-electron chi connectivity index (χ4n) is 2.66. The van der Waals surface area contributed by atoms with E-state index in [2.05, 4.69) is 6.92 Å². The number of piperidine rings is 1. The second-order valence-electron chi connectivity index (χ2n) is 5.12. The van der Waals surface area contributed by atoms with Crippen molar-refractivity contribution < 1.29 is 9.90 Å². The van der Waals surface area contributed by atoms with E-state index in [0.717, 1.165) is 51.2 Å². The maximum atomic E-state index is 12.2. The second-order valence-corrected chi connectivity index (χ2v) is 5.12. The Morgan fingerprint density at radius 1 is 1.25 bits per heavy atom. The van der Waals surface area contributed by atoms with Gasteiger partial charge in [0.25, 0.3) is 0 Å². The molecule has 4 heteroatoms. The summed E-state index contributed by atoms with van der Waals surface area (Å²) < 4.78 is 0. The predicted molar refractivity (Wildman–Crippen MR) is 62.2 cm³/mol. The highest BCUT2D eigenvalue weighted by Crippen LogP contribution is 2.22. The van der Waals surface area contributed by atoms with Crippen LogP contribution in [-0.4, -0.2) is 53.2 Å². The van der Waals surface area contributed by atoms with Gasteiger partial charge in [0.1, 0.15) is 0 Å². The molecule has 2 rings (SSSR count). The molecule has 4 nitrogen and oxygen atoms in total. The molecular weight excluding hydrogens is 204 g/mol. The lowest BCUT2D eigenvalue weighted by atomic mass is 9.99. The summed E-state index contributed by atoms with van der Waals surface area (Å²) >= 11 is 0. The van der Waals surface area contributed by atoms with Gasteiger partial charge in [0.15, 0.2) is 0 Å². The van der Waals surface area contributed by atoms with Crippen molar-refractivity contribution in [2.75, 3.05) is 26.2 Å². The summed E-state index contributed by atoms with van der Waals surface area (Å²) in [6.07, 6.45) is 4.21.